The average molecular weight is 1320 g/mol. The first-order valence-corrected chi connectivity index (χ1v) is 41.2. The molecule has 8 N–H and O–H groups in total. The van der Waals surface area contributed by atoms with Gasteiger partial charge in [0.2, 0.25) is 5.91 Å². The van der Waals surface area contributed by atoms with E-state index in [0.717, 1.165) is 38.5 Å². The molecule has 552 valence electrons. The lowest BCUT2D eigenvalue weighted by Crippen LogP contribution is -2.60. The minimum absolute atomic E-state index is 0.258. The summed E-state index contributed by atoms with van der Waals surface area (Å²) in [7, 11) is 0. The Morgan fingerprint density at radius 3 is 0.925 bits per heavy atom. The van der Waals surface area contributed by atoms with Gasteiger partial charge in [-0.3, -0.25) is 4.79 Å². The van der Waals surface area contributed by atoms with Crippen molar-refractivity contribution in [3.05, 3.63) is 24.3 Å². The quantitative estimate of drug-likeness (QED) is 0.0215. The minimum Gasteiger partial charge on any atom is -0.394 e. The number of ether oxygens (including phenoxy) is 2. The zero-order chi connectivity index (χ0) is 67.4. The van der Waals surface area contributed by atoms with Crippen molar-refractivity contribution in [1.82, 2.24) is 5.32 Å². The maximum absolute atomic E-state index is 13.3. The number of hydrogen-bond acceptors (Lipinski definition) is 10. The smallest absolute Gasteiger partial charge is 0.249 e. The van der Waals surface area contributed by atoms with Gasteiger partial charge >= 0.3 is 0 Å². The first kappa shape index (κ1) is 89.6. The van der Waals surface area contributed by atoms with Gasteiger partial charge in [-0.25, -0.2) is 0 Å². The van der Waals surface area contributed by atoms with E-state index in [4.69, 9.17) is 9.47 Å². The van der Waals surface area contributed by atoms with E-state index < -0.39 is 74.2 Å². The molecule has 9 atom stereocenters. The number of rotatable bonds is 74. The summed E-state index contributed by atoms with van der Waals surface area (Å²) in [6.07, 6.45) is 80.3. The first-order chi connectivity index (χ1) is 45.7. The maximum Gasteiger partial charge on any atom is 0.249 e. The topological polar surface area (TPSA) is 189 Å². The van der Waals surface area contributed by atoms with Gasteiger partial charge in [0.25, 0.3) is 0 Å². The van der Waals surface area contributed by atoms with Crippen molar-refractivity contribution >= 4 is 5.91 Å². The molecular weight excluding hydrogens is 1160 g/mol. The van der Waals surface area contributed by atoms with Gasteiger partial charge in [0.1, 0.15) is 36.6 Å². The van der Waals surface area contributed by atoms with E-state index in [0.29, 0.717) is 12.8 Å². The van der Waals surface area contributed by atoms with Gasteiger partial charge in [-0.05, 0) is 64.2 Å². The summed E-state index contributed by atoms with van der Waals surface area (Å²) >= 11 is 0. The van der Waals surface area contributed by atoms with Crippen LogP contribution < -0.4 is 5.32 Å². The summed E-state index contributed by atoms with van der Waals surface area (Å²) in [6.45, 7) is 3.52. The molecular formula is C82H159NO10. The molecule has 1 amide bonds. The number of aliphatic hydroxyl groups is 7. The van der Waals surface area contributed by atoms with Crippen molar-refractivity contribution in [2.45, 2.75) is 480 Å². The fraction of sp³-hybridized carbons (Fsp3) is 0.939. The van der Waals surface area contributed by atoms with E-state index in [1.807, 2.05) is 0 Å². The summed E-state index contributed by atoms with van der Waals surface area (Å²) < 4.78 is 11.2. The van der Waals surface area contributed by atoms with E-state index in [2.05, 4.69) is 43.5 Å². The Morgan fingerprint density at radius 1 is 0.366 bits per heavy atom. The second-order valence-electron chi connectivity index (χ2n) is 29.2. The second kappa shape index (κ2) is 70.5. The number of allylic oxidation sites excluding steroid dienone is 4. The summed E-state index contributed by atoms with van der Waals surface area (Å²) in [5.41, 5.74) is 0. The van der Waals surface area contributed by atoms with Crippen LogP contribution in [0.5, 0.6) is 0 Å². The van der Waals surface area contributed by atoms with Crippen molar-refractivity contribution in [1.29, 1.82) is 0 Å². The van der Waals surface area contributed by atoms with Crippen molar-refractivity contribution < 1.29 is 50.0 Å². The average Bonchev–Trinajstić information content (AvgIpc) is 1.04. The van der Waals surface area contributed by atoms with E-state index in [9.17, 15) is 40.5 Å². The van der Waals surface area contributed by atoms with Gasteiger partial charge in [0.15, 0.2) is 6.29 Å². The second-order valence-corrected chi connectivity index (χ2v) is 29.2. The molecule has 9 unspecified atom stereocenters. The molecule has 0 saturated carbocycles. The summed E-state index contributed by atoms with van der Waals surface area (Å²) in [5.74, 6) is -0.698. The molecule has 1 heterocycles. The highest BCUT2D eigenvalue weighted by Crippen LogP contribution is 2.25. The van der Waals surface area contributed by atoms with E-state index >= 15 is 0 Å². The van der Waals surface area contributed by atoms with Gasteiger partial charge < -0.3 is 50.5 Å². The Kier molecular flexibility index (Phi) is 67.9. The van der Waals surface area contributed by atoms with Crippen LogP contribution in [0.4, 0.5) is 0 Å². The molecule has 0 bridgehead atoms. The number of hydrogen-bond donors (Lipinski definition) is 8. The highest BCUT2D eigenvalue weighted by atomic mass is 16.7. The van der Waals surface area contributed by atoms with Crippen LogP contribution in [-0.4, -0.2) is 110 Å². The SMILES string of the molecule is CCCCCCCCCCCCCCCC/C=C\CCCCCCCCCCCCCCCCCCC(O)C(=O)NC(COC1OC(CO)C(O)C(O)C1O)C(O)C(O)CCC/C=C/CCCCCCCCCCCCCCCCCCCCCCCCCCCCC. The lowest BCUT2D eigenvalue weighted by atomic mass is 9.98. The van der Waals surface area contributed by atoms with Crippen LogP contribution in [0.1, 0.15) is 425 Å². The Bertz CT molecular complexity index is 1560. The summed E-state index contributed by atoms with van der Waals surface area (Å²) in [5, 5.41) is 76.7. The van der Waals surface area contributed by atoms with Crippen LogP contribution >= 0.6 is 0 Å². The fourth-order valence-corrected chi connectivity index (χ4v) is 13.7. The molecule has 1 saturated heterocycles. The van der Waals surface area contributed by atoms with Gasteiger partial charge in [-0.15, -0.1) is 0 Å². The van der Waals surface area contributed by atoms with Gasteiger partial charge in [-0.2, -0.15) is 0 Å². The third-order valence-corrected chi connectivity index (χ3v) is 20.2. The molecule has 1 aliphatic rings. The third kappa shape index (κ3) is 57.1. The highest BCUT2D eigenvalue weighted by Gasteiger charge is 2.44. The Morgan fingerprint density at radius 2 is 0.634 bits per heavy atom. The number of carbonyl (C=O) groups excluding carboxylic acids is 1. The lowest BCUT2D eigenvalue weighted by Gasteiger charge is -2.40. The normalized spacial score (nSPS) is 18.3. The van der Waals surface area contributed by atoms with Crippen molar-refractivity contribution in [3.63, 3.8) is 0 Å². The molecule has 0 aromatic carbocycles. The van der Waals surface area contributed by atoms with Crippen molar-refractivity contribution in [3.8, 4) is 0 Å². The van der Waals surface area contributed by atoms with E-state index in [1.165, 1.54) is 347 Å². The summed E-state index contributed by atoms with van der Waals surface area (Å²) in [6, 6.07) is -1.19. The monoisotopic (exact) mass is 1320 g/mol. The number of aliphatic hydroxyl groups excluding tert-OH is 7. The predicted octanol–water partition coefficient (Wildman–Crippen LogP) is 21.5. The standard InChI is InChI=1S/C82H159NO10/c1-3-5-7-9-11-13-15-17-19-21-23-25-27-29-31-33-35-37-38-40-42-44-46-48-50-52-54-56-58-60-62-64-66-68-70-75(86)81(91)83-73(72-92-82-80(90)79(89)78(88)76(71-84)93-82)77(87)74(85)69-67-65-63-61-59-57-55-53-51-49-47-45-43-41-39-36-34-32-30-28-26-24-22-20-18-16-14-12-10-8-6-4-2/h33,35,61,63,73-80,82,84-90H,3-32,34,36-60,62,64-72H2,1-2H3,(H,83,91)/b35-33-,63-61+. The molecule has 0 radical (unpaired) electrons. The molecule has 0 aliphatic carbocycles. The van der Waals surface area contributed by atoms with Crippen molar-refractivity contribution in [2.24, 2.45) is 0 Å². The van der Waals surface area contributed by atoms with Gasteiger partial charge in [0.05, 0.1) is 25.4 Å². The van der Waals surface area contributed by atoms with Gasteiger partial charge in [-0.1, -0.05) is 385 Å². The molecule has 1 rings (SSSR count). The molecule has 0 aromatic heterocycles. The molecule has 93 heavy (non-hydrogen) atoms. The number of carbonyl (C=O) groups is 1. The molecule has 11 nitrogen and oxygen atoms in total. The minimum atomic E-state index is -1.67. The maximum atomic E-state index is 13.3. The molecule has 1 fully saturated rings. The van der Waals surface area contributed by atoms with Crippen LogP contribution in [0.2, 0.25) is 0 Å². The van der Waals surface area contributed by atoms with Crippen LogP contribution in [-0.2, 0) is 14.3 Å². The van der Waals surface area contributed by atoms with Crippen LogP contribution in [0.25, 0.3) is 0 Å². The van der Waals surface area contributed by atoms with Crippen molar-refractivity contribution in [2.75, 3.05) is 13.2 Å². The largest absolute Gasteiger partial charge is 0.394 e. The molecule has 1 aliphatic heterocycles. The lowest BCUT2D eigenvalue weighted by molar-refractivity contribution is -0.303. The zero-order valence-corrected chi connectivity index (χ0v) is 61.5. The third-order valence-electron chi connectivity index (χ3n) is 20.2. The number of nitrogens with one attached hydrogen (secondary N) is 1. The molecule has 0 spiro atoms. The number of amides is 1. The van der Waals surface area contributed by atoms with Crippen LogP contribution in [0.15, 0.2) is 24.3 Å². The first-order valence-electron chi connectivity index (χ1n) is 41.2. The predicted molar refractivity (Wildman–Crippen MR) is 395 cm³/mol. The number of unbranched alkanes of at least 4 members (excludes halogenated alkanes) is 58. The molecule has 11 heteroatoms. The Balaban J connectivity index is 2.13. The zero-order valence-electron chi connectivity index (χ0n) is 61.5. The van der Waals surface area contributed by atoms with E-state index in [-0.39, 0.29) is 12.8 Å². The van der Waals surface area contributed by atoms with Crippen LogP contribution in [0.3, 0.4) is 0 Å². The molecule has 0 aromatic rings. The fourth-order valence-electron chi connectivity index (χ4n) is 13.7. The summed E-state index contributed by atoms with van der Waals surface area (Å²) in [4.78, 5) is 13.3. The Hall–Kier alpha value is -1.41. The van der Waals surface area contributed by atoms with Gasteiger partial charge in [0, 0.05) is 0 Å². The van der Waals surface area contributed by atoms with Crippen LogP contribution in [0, 0.1) is 0 Å². The highest BCUT2D eigenvalue weighted by molar-refractivity contribution is 5.80. The van der Waals surface area contributed by atoms with E-state index in [1.54, 1.807) is 0 Å². The Labute approximate surface area is 575 Å².